The molecule has 0 aliphatic carbocycles. The lowest BCUT2D eigenvalue weighted by Crippen LogP contribution is -2.30. The zero-order chi connectivity index (χ0) is 34.0. The topological polar surface area (TPSA) is 122 Å². The second-order valence-electron chi connectivity index (χ2n) is 13.1. The lowest BCUT2D eigenvalue weighted by atomic mass is 9.87. The molecule has 1 atom stereocenters. The minimum atomic E-state index is -0.957. The summed E-state index contributed by atoms with van der Waals surface area (Å²) in [6, 6.07) is 21.8. The zero-order valence-corrected chi connectivity index (χ0v) is 27.5. The van der Waals surface area contributed by atoms with Gasteiger partial charge in [0.05, 0.1) is 19.0 Å². The Bertz CT molecular complexity index is 1950. The molecule has 0 radical (unpaired) electrons. The van der Waals surface area contributed by atoms with Gasteiger partial charge in [0.1, 0.15) is 11.6 Å². The zero-order valence-electron chi connectivity index (χ0n) is 27.5. The van der Waals surface area contributed by atoms with Crippen molar-refractivity contribution in [2.24, 2.45) is 0 Å². The minimum absolute atomic E-state index is 0.0234. The Kier molecular flexibility index (Phi) is 9.03. The van der Waals surface area contributed by atoms with Crippen LogP contribution in [0.4, 0.5) is 15.0 Å². The summed E-state index contributed by atoms with van der Waals surface area (Å²) in [6.07, 6.45) is 1.35. The number of likely N-dealkylation sites (tertiary alicyclic amines) is 1. The van der Waals surface area contributed by atoms with Gasteiger partial charge in [-0.15, -0.1) is 0 Å². The van der Waals surface area contributed by atoms with Crippen molar-refractivity contribution in [1.82, 2.24) is 25.0 Å². The maximum atomic E-state index is 15.6. The Hall–Kier alpha value is -5.45. The van der Waals surface area contributed by atoms with Gasteiger partial charge in [0.2, 0.25) is 0 Å². The van der Waals surface area contributed by atoms with Gasteiger partial charge in [0.25, 0.3) is 5.91 Å². The number of anilines is 1. The quantitative estimate of drug-likeness (QED) is 0.163. The number of halogens is 1. The molecule has 6 rings (SSSR count). The van der Waals surface area contributed by atoms with Crippen LogP contribution < -0.4 is 15.4 Å². The number of hydrogen-bond acceptors (Lipinski definition) is 6. The first-order valence-electron chi connectivity index (χ1n) is 15.9. The fourth-order valence-corrected chi connectivity index (χ4v) is 5.96. The summed E-state index contributed by atoms with van der Waals surface area (Å²) in [7, 11) is 1.62. The summed E-state index contributed by atoms with van der Waals surface area (Å²) >= 11 is 0. The van der Waals surface area contributed by atoms with Crippen molar-refractivity contribution >= 4 is 28.9 Å². The number of ether oxygens (including phenoxy) is 1. The highest BCUT2D eigenvalue weighted by atomic mass is 19.1. The van der Waals surface area contributed by atoms with E-state index in [4.69, 9.17) is 9.84 Å². The molecule has 1 aliphatic rings. The van der Waals surface area contributed by atoms with Crippen molar-refractivity contribution < 1.29 is 23.8 Å². The molecular weight excluding hydrogens is 611 g/mol. The van der Waals surface area contributed by atoms with Gasteiger partial charge in [0.15, 0.2) is 11.5 Å². The molecule has 3 heterocycles. The lowest BCUT2D eigenvalue weighted by molar-refractivity contribution is 0.0950. The highest BCUT2D eigenvalue weighted by Crippen LogP contribution is 2.35. The number of amides is 2. The average molecular weight is 651 g/mol. The second-order valence-corrected chi connectivity index (χ2v) is 13.1. The van der Waals surface area contributed by atoms with Crippen molar-refractivity contribution in [1.29, 1.82) is 0 Å². The Morgan fingerprint density at radius 3 is 2.44 bits per heavy atom. The Morgan fingerprint density at radius 1 is 1.04 bits per heavy atom. The predicted molar refractivity (Wildman–Crippen MR) is 183 cm³/mol. The summed E-state index contributed by atoms with van der Waals surface area (Å²) in [5.74, 6) is 0.570. The van der Waals surface area contributed by atoms with Gasteiger partial charge >= 0.3 is 6.09 Å². The average Bonchev–Trinajstić information content (AvgIpc) is 3.69. The van der Waals surface area contributed by atoms with Crippen LogP contribution in [0.3, 0.4) is 0 Å². The summed E-state index contributed by atoms with van der Waals surface area (Å²) < 4.78 is 22.7. The number of rotatable bonds is 9. The number of carboxylic acid groups (broad SMARTS) is 1. The molecule has 2 amide bonds. The molecule has 0 unspecified atom stereocenters. The van der Waals surface area contributed by atoms with Crippen LogP contribution in [-0.2, 0) is 18.5 Å². The number of aromatic nitrogens is 3. The van der Waals surface area contributed by atoms with Gasteiger partial charge in [-0.3, -0.25) is 4.79 Å². The summed E-state index contributed by atoms with van der Waals surface area (Å²) in [5.41, 5.74) is 4.92. The van der Waals surface area contributed by atoms with Gasteiger partial charge < -0.3 is 25.4 Å². The van der Waals surface area contributed by atoms with E-state index in [1.807, 2.05) is 48.5 Å². The number of carbonyl (C=O) groups is 2. The van der Waals surface area contributed by atoms with Crippen LogP contribution in [0, 0.1) is 5.82 Å². The van der Waals surface area contributed by atoms with Gasteiger partial charge in [-0.2, -0.15) is 5.10 Å². The van der Waals surface area contributed by atoms with Crippen LogP contribution in [0.15, 0.2) is 79.0 Å². The molecule has 1 fully saturated rings. The molecule has 0 saturated carbocycles. The second kappa shape index (κ2) is 13.3. The molecular formula is C37H39FN6O4. The molecule has 48 heavy (non-hydrogen) atoms. The number of pyridine rings is 1. The highest BCUT2D eigenvalue weighted by molar-refractivity contribution is 6.01. The maximum Gasteiger partial charge on any atom is 0.407 e. The van der Waals surface area contributed by atoms with E-state index in [2.05, 4.69) is 36.4 Å². The van der Waals surface area contributed by atoms with Gasteiger partial charge in [-0.25, -0.2) is 18.9 Å². The van der Waals surface area contributed by atoms with Crippen LogP contribution in [0.1, 0.15) is 54.2 Å². The molecule has 248 valence electrons. The van der Waals surface area contributed by atoms with E-state index in [-0.39, 0.29) is 23.9 Å². The third-order valence-electron chi connectivity index (χ3n) is 8.74. The molecule has 5 aromatic rings. The normalized spacial score (nSPS) is 14.7. The molecule has 3 aromatic carbocycles. The number of methoxy groups -OCH3 is 1. The van der Waals surface area contributed by atoms with Crippen LogP contribution in [-0.4, -0.2) is 63.0 Å². The smallest absolute Gasteiger partial charge is 0.407 e. The molecule has 3 N–H and O–H groups in total. The number of hydrogen-bond donors (Lipinski definition) is 3. The van der Waals surface area contributed by atoms with Gasteiger partial charge in [-0.1, -0.05) is 57.2 Å². The maximum absolute atomic E-state index is 15.6. The van der Waals surface area contributed by atoms with Crippen LogP contribution >= 0.6 is 0 Å². The molecule has 10 nitrogen and oxygen atoms in total. The largest absolute Gasteiger partial charge is 0.497 e. The lowest BCUT2D eigenvalue weighted by Gasteiger charge is -2.19. The standard InChI is InChI=1S/C37H39FN6O4/c1-37(2,3)27-11-9-24(10-12-27)35(45)40-20-26-8-7-25(19-31(26)38)30-15-17-39-34-32(30)33(41-28-16-18-43(22-28)36(46)47)42-44(34)21-23-5-13-29(48-4)14-6-23/h5-15,17,19,28H,16,18,20-22H2,1-4H3,(H,40,45)(H,41,42)(H,46,47)/t28-/m1/s1. The molecule has 1 saturated heterocycles. The SMILES string of the molecule is COc1ccc(Cn2nc(N[C@@H]3CCN(C(=O)O)C3)c3c(-c4ccc(CNC(=O)c5ccc(C(C)(C)C)cc5)c(F)c4)ccnc32)cc1. The molecule has 0 spiro atoms. The van der Waals surface area contributed by atoms with E-state index in [9.17, 15) is 14.7 Å². The number of fused-ring (bicyclic) bond motifs is 1. The van der Waals surface area contributed by atoms with Gasteiger partial charge in [-0.05, 0) is 70.5 Å². The van der Waals surface area contributed by atoms with Crippen molar-refractivity contribution in [3.8, 4) is 16.9 Å². The first-order chi connectivity index (χ1) is 23.0. The van der Waals surface area contributed by atoms with E-state index < -0.39 is 11.9 Å². The first-order valence-corrected chi connectivity index (χ1v) is 15.9. The van der Waals surface area contributed by atoms with Crippen LogP contribution in [0.5, 0.6) is 5.75 Å². The number of carbonyl (C=O) groups excluding carboxylic acids is 1. The highest BCUT2D eigenvalue weighted by Gasteiger charge is 2.28. The van der Waals surface area contributed by atoms with E-state index in [1.165, 1.54) is 11.0 Å². The molecule has 2 aromatic heterocycles. The van der Waals surface area contributed by atoms with E-state index in [1.54, 1.807) is 36.2 Å². The van der Waals surface area contributed by atoms with Gasteiger partial charge in [0, 0.05) is 43.0 Å². The number of benzene rings is 3. The van der Waals surface area contributed by atoms with Crippen LogP contribution in [0.2, 0.25) is 0 Å². The summed E-state index contributed by atoms with van der Waals surface area (Å²) in [4.78, 5) is 30.4. The van der Waals surface area contributed by atoms with E-state index >= 15 is 4.39 Å². The number of nitrogens with one attached hydrogen (secondary N) is 2. The molecule has 0 bridgehead atoms. The summed E-state index contributed by atoms with van der Waals surface area (Å²) in [5, 5.41) is 21.4. The number of nitrogens with zero attached hydrogens (tertiary/aromatic N) is 4. The molecule has 1 aliphatic heterocycles. The van der Waals surface area contributed by atoms with Crippen molar-refractivity contribution in [3.05, 3.63) is 107 Å². The molecule has 11 heteroatoms. The van der Waals surface area contributed by atoms with Crippen LogP contribution in [0.25, 0.3) is 22.2 Å². The van der Waals surface area contributed by atoms with Crippen molar-refractivity contribution in [2.75, 3.05) is 25.5 Å². The van der Waals surface area contributed by atoms with Crippen molar-refractivity contribution in [2.45, 2.75) is 51.7 Å². The van der Waals surface area contributed by atoms with E-state index in [0.29, 0.717) is 59.6 Å². The van der Waals surface area contributed by atoms with Crippen molar-refractivity contribution in [3.63, 3.8) is 0 Å². The Labute approximate surface area is 278 Å². The third-order valence-corrected chi connectivity index (χ3v) is 8.74. The Balaban J connectivity index is 1.28. The Morgan fingerprint density at radius 2 is 1.79 bits per heavy atom. The fourth-order valence-electron chi connectivity index (χ4n) is 5.96. The fraction of sp³-hybridized carbons (Fsp3) is 0.297. The first kappa shape index (κ1) is 32.5. The third kappa shape index (κ3) is 6.95. The minimum Gasteiger partial charge on any atom is -0.497 e. The monoisotopic (exact) mass is 650 g/mol. The van der Waals surface area contributed by atoms with E-state index in [0.717, 1.165) is 22.4 Å². The summed E-state index contributed by atoms with van der Waals surface area (Å²) in [6.45, 7) is 7.55. The predicted octanol–water partition coefficient (Wildman–Crippen LogP) is 6.69.